The molecule has 1 amide bonds. The zero-order valence-corrected chi connectivity index (χ0v) is 15.7. The number of amides is 1. The number of methoxy groups -OCH3 is 1. The van der Waals surface area contributed by atoms with E-state index in [1.807, 2.05) is 38.2 Å². The van der Waals surface area contributed by atoms with Crippen LogP contribution in [0.5, 0.6) is 5.75 Å². The third-order valence-corrected chi connectivity index (χ3v) is 4.90. The number of aromatic nitrogens is 3. The molecule has 2 heterocycles. The van der Waals surface area contributed by atoms with Crippen molar-refractivity contribution >= 4 is 11.9 Å². The number of ether oxygens (including phenoxy) is 1. The van der Waals surface area contributed by atoms with Crippen molar-refractivity contribution in [2.45, 2.75) is 38.0 Å². The number of nitrogens with one attached hydrogen (secondary N) is 2. The molecule has 2 aromatic rings. The van der Waals surface area contributed by atoms with Crippen LogP contribution in [0.15, 0.2) is 24.3 Å². The molecule has 2 N–H and O–H groups in total. The highest BCUT2D eigenvalue weighted by atomic mass is 16.5. The lowest BCUT2D eigenvalue weighted by Gasteiger charge is -2.19. The molecule has 1 aliphatic rings. The van der Waals surface area contributed by atoms with Gasteiger partial charge in [-0.1, -0.05) is 25.1 Å². The van der Waals surface area contributed by atoms with E-state index in [1.54, 1.807) is 11.8 Å². The van der Waals surface area contributed by atoms with E-state index in [2.05, 4.69) is 20.7 Å². The van der Waals surface area contributed by atoms with Crippen LogP contribution in [-0.2, 0) is 11.8 Å². The summed E-state index contributed by atoms with van der Waals surface area (Å²) in [6.45, 7) is 4.00. The Hall–Kier alpha value is -2.41. The minimum Gasteiger partial charge on any atom is -0.496 e. The van der Waals surface area contributed by atoms with Gasteiger partial charge in [-0.05, 0) is 43.5 Å². The zero-order valence-electron chi connectivity index (χ0n) is 15.7. The van der Waals surface area contributed by atoms with Crippen LogP contribution in [0, 0.1) is 0 Å². The van der Waals surface area contributed by atoms with Gasteiger partial charge in [-0.2, -0.15) is 10.1 Å². The number of hydrogen-bond donors (Lipinski definition) is 2. The predicted octanol–water partition coefficient (Wildman–Crippen LogP) is 2.42. The van der Waals surface area contributed by atoms with Crippen LogP contribution in [0.4, 0.5) is 5.95 Å². The quantitative estimate of drug-likeness (QED) is 0.830. The molecule has 1 saturated heterocycles. The fourth-order valence-electron chi connectivity index (χ4n) is 3.40. The third kappa shape index (κ3) is 4.22. The second kappa shape index (κ2) is 8.31. The Morgan fingerprint density at radius 2 is 2.12 bits per heavy atom. The van der Waals surface area contributed by atoms with Crippen LogP contribution in [0.3, 0.4) is 0 Å². The molecule has 1 aromatic carbocycles. The third-order valence-electron chi connectivity index (χ3n) is 4.90. The van der Waals surface area contributed by atoms with Gasteiger partial charge in [0.1, 0.15) is 5.75 Å². The molecule has 7 nitrogen and oxygen atoms in total. The number of para-hydroxylation sites is 1. The summed E-state index contributed by atoms with van der Waals surface area (Å²) in [5.74, 6) is 2.47. The monoisotopic (exact) mass is 357 g/mol. The fraction of sp³-hybridized carbons (Fsp3) is 0.526. The maximum absolute atomic E-state index is 12.5. The van der Waals surface area contributed by atoms with Gasteiger partial charge in [0.25, 0.3) is 0 Å². The van der Waals surface area contributed by atoms with Crippen LogP contribution in [0.1, 0.15) is 49.4 Å². The highest BCUT2D eigenvalue weighted by Crippen LogP contribution is 2.29. The summed E-state index contributed by atoms with van der Waals surface area (Å²) in [6, 6.07) is 7.79. The summed E-state index contributed by atoms with van der Waals surface area (Å²) >= 11 is 0. The van der Waals surface area contributed by atoms with Crippen molar-refractivity contribution in [3.05, 3.63) is 35.7 Å². The van der Waals surface area contributed by atoms with Gasteiger partial charge in [0.15, 0.2) is 5.82 Å². The lowest BCUT2D eigenvalue weighted by atomic mass is 9.96. The van der Waals surface area contributed by atoms with E-state index in [0.29, 0.717) is 18.3 Å². The van der Waals surface area contributed by atoms with Gasteiger partial charge in [-0.15, -0.1) is 0 Å². The Balaban J connectivity index is 1.63. The van der Waals surface area contributed by atoms with Crippen molar-refractivity contribution in [1.29, 1.82) is 0 Å². The van der Waals surface area contributed by atoms with Gasteiger partial charge in [0.2, 0.25) is 11.9 Å². The topological polar surface area (TPSA) is 81.1 Å². The smallest absolute Gasteiger partial charge is 0.227 e. The number of carbonyl (C=O) groups excluding carboxylic acids is 1. The minimum atomic E-state index is -0.0734. The minimum absolute atomic E-state index is 0.0447. The molecule has 26 heavy (non-hydrogen) atoms. The second-order valence-corrected chi connectivity index (χ2v) is 6.84. The molecular weight excluding hydrogens is 330 g/mol. The van der Waals surface area contributed by atoms with E-state index >= 15 is 0 Å². The van der Waals surface area contributed by atoms with Gasteiger partial charge in [0, 0.05) is 19.4 Å². The van der Waals surface area contributed by atoms with Crippen LogP contribution in [0.2, 0.25) is 0 Å². The molecule has 1 atom stereocenters. The van der Waals surface area contributed by atoms with Gasteiger partial charge >= 0.3 is 0 Å². The van der Waals surface area contributed by atoms with E-state index in [9.17, 15) is 4.79 Å². The first-order chi connectivity index (χ1) is 12.6. The van der Waals surface area contributed by atoms with E-state index in [0.717, 1.165) is 43.1 Å². The maximum atomic E-state index is 12.5. The summed E-state index contributed by atoms with van der Waals surface area (Å²) in [5, 5.41) is 10.7. The molecule has 3 rings (SSSR count). The van der Waals surface area contributed by atoms with Crippen LogP contribution >= 0.6 is 0 Å². The van der Waals surface area contributed by atoms with Crippen LogP contribution < -0.4 is 15.4 Å². The van der Waals surface area contributed by atoms with Crippen molar-refractivity contribution in [3.8, 4) is 5.75 Å². The number of rotatable bonds is 6. The lowest BCUT2D eigenvalue weighted by Crippen LogP contribution is -2.27. The van der Waals surface area contributed by atoms with Gasteiger partial charge < -0.3 is 10.1 Å². The average Bonchev–Trinajstić information content (AvgIpc) is 3.02. The molecule has 1 aliphatic heterocycles. The molecule has 0 bridgehead atoms. The van der Waals surface area contributed by atoms with Gasteiger partial charge in [-0.3, -0.25) is 10.1 Å². The molecular formula is C19H27N5O2. The fourth-order valence-corrected chi connectivity index (χ4v) is 3.40. The van der Waals surface area contributed by atoms with Crippen molar-refractivity contribution in [2.75, 3.05) is 25.5 Å². The number of aryl methyl sites for hydroxylation is 1. The van der Waals surface area contributed by atoms with E-state index < -0.39 is 0 Å². The first-order valence-corrected chi connectivity index (χ1v) is 9.13. The largest absolute Gasteiger partial charge is 0.496 e. The van der Waals surface area contributed by atoms with Crippen molar-refractivity contribution in [2.24, 2.45) is 7.05 Å². The number of anilines is 1. The number of nitrogens with zero attached hydrogens (tertiary/aromatic N) is 3. The Bertz CT molecular complexity index is 752. The van der Waals surface area contributed by atoms with Crippen molar-refractivity contribution in [3.63, 3.8) is 0 Å². The Kier molecular flexibility index (Phi) is 5.88. The van der Waals surface area contributed by atoms with E-state index in [1.165, 1.54) is 0 Å². The second-order valence-electron chi connectivity index (χ2n) is 6.84. The molecule has 0 aliphatic carbocycles. The summed E-state index contributed by atoms with van der Waals surface area (Å²) in [5.41, 5.74) is 1.03. The number of carbonyl (C=O) groups is 1. The molecule has 7 heteroatoms. The van der Waals surface area contributed by atoms with Crippen LogP contribution in [-0.4, -0.2) is 40.9 Å². The zero-order chi connectivity index (χ0) is 18.5. The Labute approximate surface area is 154 Å². The summed E-state index contributed by atoms with van der Waals surface area (Å²) < 4.78 is 7.05. The standard InChI is InChI=1S/C19H27N5O2/c1-13(15-6-4-5-7-16(15)26-3)12-17(25)21-19-22-18(23-24(19)2)14-8-10-20-11-9-14/h4-7,13-14,20H,8-12H2,1-3H3,(H,21,22,23,25). The highest BCUT2D eigenvalue weighted by Gasteiger charge is 2.22. The molecule has 1 unspecified atom stereocenters. The normalized spacial score (nSPS) is 16.3. The number of benzene rings is 1. The molecule has 1 aromatic heterocycles. The van der Waals surface area contributed by atoms with Crippen LogP contribution in [0.25, 0.3) is 0 Å². The highest BCUT2D eigenvalue weighted by molar-refractivity contribution is 5.89. The van der Waals surface area contributed by atoms with E-state index in [-0.39, 0.29) is 11.8 Å². The van der Waals surface area contributed by atoms with Crippen molar-refractivity contribution in [1.82, 2.24) is 20.1 Å². The molecule has 140 valence electrons. The Morgan fingerprint density at radius 3 is 2.85 bits per heavy atom. The lowest BCUT2D eigenvalue weighted by molar-refractivity contribution is -0.116. The summed E-state index contributed by atoms with van der Waals surface area (Å²) in [7, 11) is 3.46. The van der Waals surface area contributed by atoms with E-state index in [4.69, 9.17) is 4.74 Å². The maximum Gasteiger partial charge on any atom is 0.227 e. The SMILES string of the molecule is COc1ccccc1C(C)CC(=O)Nc1nc(C2CCNCC2)nn1C. The summed E-state index contributed by atoms with van der Waals surface area (Å²) in [4.78, 5) is 17.0. The first-order valence-electron chi connectivity index (χ1n) is 9.13. The van der Waals surface area contributed by atoms with Gasteiger partial charge in [-0.25, -0.2) is 4.68 Å². The first kappa shape index (κ1) is 18.4. The molecule has 0 spiro atoms. The number of hydrogen-bond acceptors (Lipinski definition) is 5. The predicted molar refractivity (Wildman–Crippen MR) is 101 cm³/mol. The Morgan fingerprint density at radius 1 is 1.38 bits per heavy atom. The molecule has 1 fully saturated rings. The molecule has 0 radical (unpaired) electrons. The molecule has 0 saturated carbocycles. The summed E-state index contributed by atoms with van der Waals surface area (Å²) in [6.07, 6.45) is 2.42. The average molecular weight is 357 g/mol. The van der Waals surface area contributed by atoms with Crippen molar-refractivity contribution < 1.29 is 9.53 Å². The number of piperidine rings is 1. The van der Waals surface area contributed by atoms with Gasteiger partial charge in [0.05, 0.1) is 7.11 Å².